The van der Waals surface area contributed by atoms with Crippen LogP contribution < -0.4 is 4.90 Å². The minimum atomic E-state index is -0.0698. The summed E-state index contributed by atoms with van der Waals surface area (Å²) >= 11 is 0. The van der Waals surface area contributed by atoms with Gasteiger partial charge in [-0.05, 0) is 32.4 Å². The Morgan fingerprint density at radius 2 is 1.88 bits per heavy atom. The summed E-state index contributed by atoms with van der Waals surface area (Å²) in [5.41, 5.74) is 0.921. The molecule has 2 fully saturated rings. The van der Waals surface area contributed by atoms with E-state index in [0.717, 1.165) is 70.4 Å². The lowest BCUT2D eigenvalue weighted by Crippen LogP contribution is -2.51. The van der Waals surface area contributed by atoms with Crippen LogP contribution in [0.15, 0.2) is 12.1 Å². The highest BCUT2D eigenvalue weighted by Crippen LogP contribution is 2.15. The van der Waals surface area contributed by atoms with Gasteiger partial charge in [0, 0.05) is 39.3 Å². The average molecular weight is 333 g/mol. The van der Waals surface area contributed by atoms with Crippen LogP contribution in [-0.4, -0.2) is 84.4 Å². The fraction of sp³-hybridized carbons (Fsp3) is 0.706. The van der Waals surface area contributed by atoms with Crippen molar-refractivity contribution in [2.75, 3.05) is 57.4 Å². The number of aromatic nitrogens is 2. The Morgan fingerprint density at radius 1 is 1.08 bits per heavy atom. The summed E-state index contributed by atoms with van der Waals surface area (Å²) in [6, 6.07) is 3.92. The van der Waals surface area contributed by atoms with Crippen molar-refractivity contribution in [3.05, 3.63) is 17.8 Å². The first kappa shape index (κ1) is 17.1. The van der Waals surface area contributed by atoms with Crippen molar-refractivity contribution in [3.8, 4) is 0 Å². The third-order valence-corrected chi connectivity index (χ3v) is 4.87. The Morgan fingerprint density at radius 3 is 2.58 bits per heavy atom. The Kier molecular flexibility index (Phi) is 5.63. The van der Waals surface area contributed by atoms with Crippen LogP contribution in [0.1, 0.15) is 19.0 Å². The van der Waals surface area contributed by atoms with Gasteiger partial charge in [-0.25, -0.2) is 0 Å². The molecule has 0 radical (unpaired) electrons. The van der Waals surface area contributed by atoms with Gasteiger partial charge in [0.15, 0.2) is 5.82 Å². The second kappa shape index (κ2) is 7.90. The zero-order valence-electron chi connectivity index (χ0n) is 14.6. The molecule has 7 heteroatoms. The van der Waals surface area contributed by atoms with Crippen molar-refractivity contribution in [1.82, 2.24) is 20.0 Å². The molecule has 0 aliphatic carbocycles. The molecule has 7 nitrogen and oxygen atoms in total. The van der Waals surface area contributed by atoms with Crippen molar-refractivity contribution in [2.24, 2.45) is 0 Å². The average Bonchev–Trinajstić information content (AvgIpc) is 2.88. The number of amides is 1. The fourth-order valence-corrected chi connectivity index (χ4v) is 3.31. The van der Waals surface area contributed by atoms with E-state index in [1.54, 1.807) is 0 Å². The molecule has 1 atom stereocenters. The normalized spacial score (nSPS) is 21.4. The highest BCUT2D eigenvalue weighted by atomic mass is 16.5. The standard InChI is InChI=1S/C17H27N5O2/c1-14-4-5-16(19-18-14)21-6-3-7-22(9-8-21)17(23)15(2)20-10-12-24-13-11-20/h4-5,15H,3,6-13H2,1-2H3/t15-/m0/s1. The molecule has 0 spiro atoms. The van der Waals surface area contributed by atoms with Crippen molar-refractivity contribution in [1.29, 1.82) is 0 Å². The maximum absolute atomic E-state index is 12.8. The maximum atomic E-state index is 12.8. The number of nitrogens with zero attached hydrogens (tertiary/aromatic N) is 5. The fourth-order valence-electron chi connectivity index (χ4n) is 3.31. The molecule has 3 heterocycles. The van der Waals surface area contributed by atoms with E-state index >= 15 is 0 Å². The minimum absolute atomic E-state index is 0.0698. The topological polar surface area (TPSA) is 61.8 Å². The lowest BCUT2D eigenvalue weighted by atomic mass is 10.2. The van der Waals surface area contributed by atoms with E-state index in [4.69, 9.17) is 4.74 Å². The van der Waals surface area contributed by atoms with Crippen LogP contribution in [0.2, 0.25) is 0 Å². The lowest BCUT2D eigenvalue weighted by Gasteiger charge is -2.34. The van der Waals surface area contributed by atoms with Crippen LogP contribution in [0.3, 0.4) is 0 Å². The molecule has 2 saturated heterocycles. The predicted molar refractivity (Wildman–Crippen MR) is 92.0 cm³/mol. The van der Waals surface area contributed by atoms with E-state index in [-0.39, 0.29) is 11.9 Å². The van der Waals surface area contributed by atoms with Gasteiger partial charge in [-0.3, -0.25) is 9.69 Å². The summed E-state index contributed by atoms with van der Waals surface area (Å²) in [5.74, 6) is 1.13. The number of carbonyl (C=O) groups is 1. The number of ether oxygens (including phenoxy) is 1. The summed E-state index contributed by atoms with van der Waals surface area (Å²) < 4.78 is 5.38. The summed E-state index contributed by atoms with van der Waals surface area (Å²) in [7, 11) is 0. The number of carbonyl (C=O) groups excluding carboxylic acids is 1. The van der Waals surface area contributed by atoms with E-state index in [9.17, 15) is 4.79 Å². The van der Waals surface area contributed by atoms with Crippen LogP contribution in [0.25, 0.3) is 0 Å². The zero-order chi connectivity index (χ0) is 16.9. The molecule has 2 aliphatic rings. The van der Waals surface area contributed by atoms with Gasteiger partial charge in [-0.2, -0.15) is 5.10 Å². The molecule has 24 heavy (non-hydrogen) atoms. The molecule has 0 saturated carbocycles. The number of aryl methyl sites for hydroxylation is 1. The second-order valence-corrected chi connectivity index (χ2v) is 6.52. The maximum Gasteiger partial charge on any atom is 0.239 e. The summed E-state index contributed by atoms with van der Waals surface area (Å²) in [6.07, 6.45) is 0.955. The predicted octanol–water partition coefficient (Wildman–Crippen LogP) is 0.544. The number of rotatable bonds is 3. The Hall–Kier alpha value is -1.73. The molecule has 0 bridgehead atoms. The number of hydrogen-bond donors (Lipinski definition) is 0. The Balaban J connectivity index is 1.58. The third-order valence-electron chi connectivity index (χ3n) is 4.87. The summed E-state index contributed by atoms with van der Waals surface area (Å²) in [5, 5.41) is 8.41. The van der Waals surface area contributed by atoms with Gasteiger partial charge < -0.3 is 14.5 Å². The highest BCUT2D eigenvalue weighted by molar-refractivity contribution is 5.81. The van der Waals surface area contributed by atoms with Crippen LogP contribution >= 0.6 is 0 Å². The first-order chi connectivity index (χ1) is 11.6. The van der Waals surface area contributed by atoms with Crippen molar-refractivity contribution in [3.63, 3.8) is 0 Å². The van der Waals surface area contributed by atoms with Crippen LogP contribution in [-0.2, 0) is 9.53 Å². The number of hydrogen-bond acceptors (Lipinski definition) is 6. The highest BCUT2D eigenvalue weighted by Gasteiger charge is 2.28. The van der Waals surface area contributed by atoms with Gasteiger partial charge in [0.1, 0.15) is 0 Å². The molecule has 2 aliphatic heterocycles. The van der Waals surface area contributed by atoms with Gasteiger partial charge in [-0.1, -0.05) is 0 Å². The smallest absolute Gasteiger partial charge is 0.239 e. The van der Waals surface area contributed by atoms with E-state index in [1.165, 1.54) is 0 Å². The summed E-state index contributed by atoms with van der Waals surface area (Å²) in [4.78, 5) is 19.3. The monoisotopic (exact) mass is 333 g/mol. The number of morpholine rings is 1. The van der Waals surface area contributed by atoms with E-state index < -0.39 is 0 Å². The van der Waals surface area contributed by atoms with Gasteiger partial charge in [0.2, 0.25) is 5.91 Å². The quantitative estimate of drug-likeness (QED) is 0.805. The molecule has 3 rings (SSSR count). The van der Waals surface area contributed by atoms with Crippen LogP contribution in [0, 0.1) is 6.92 Å². The van der Waals surface area contributed by atoms with E-state index in [0.29, 0.717) is 0 Å². The lowest BCUT2D eigenvalue weighted by molar-refractivity contribution is -0.137. The molecule has 1 amide bonds. The summed E-state index contributed by atoms with van der Waals surface area (Å²) in [6.45, 7) is 10.3. The Bertz CT molecular complexity index is 544. The molecule has 1 aromatic rings. The van der Waals surface area contributed by atoms with Crippen LogP contribution in [0.5, 0.6) is 0 Å². The molecule has 1 aromatic heterocycles. The van der Waals surface area contributed by atoms with Crippen LogP contribution in [0.4, 0.5) is 5.82 Å². The molecule has 0 unspecified atom stereocenters. The molecule has 0 aromatic carbocycles. The van der Waals surface area contributed by atoms with Gasteiger partial charge in [0.25, 0.3) is 0 Å². The van der Waals surface area contributed by atoms with E-state index in [1.807, 2.05) is 30.9 Å². The largest absolute Gasteiger partial charge is 0.379 e. The Labute approximate surface area is 143 Å². The first-order valence-corrected chi connectivity index (χ1v) is 8.81. The van der Waals surface area contributed by atoms with Gasteiger partial charge in [-0.15, -0.1) is 5.10 Å². The third kappa shape index (κ3) is 4.02. The van der Waals surface area contributed by atoms with Crippen molar-refractivity contribution < 1.29 is 9.53 Å². The minimum Gasteiger partial charge on any atom is -0.379 e. The van der Waals surface area contributed by atoms with Gasteiger partial charge >= 0.3 is 0 Å². The molecular formula is C17H27N5O2. The SMILES string of the molecule is Cc1ccc(N2CCCN(C(=O)[C@H](C)N3CCOCC3)CC2)nn1. The van der Waals surface area contributed by atoms with E-state index in [2.05, 4.69) is 20.0 Å². The van der Waals surface area contributed by atoms with Gasteiger partial charge in [0.05, 0.1) is 24.9 Å². The number of anilines is 1. The van der Waals surface area contributed by atoms with Crippen molar-refractivity contribution in [2.45, 2.75) is 26.3 Å². The molecular weight excluding hydrogens is 306 g/mol. The van der Waals surface area contributed by atoms with Crippen molar-refractivity contribution >= 4 is 11.7 Å². The zero-order valence-corrected chi connectivity index (χ0v) is 14.6. The second-order valence-electron chi connectivity index (χ2n) is 6.52. The first-order valence-electron chi connectivity index (χ1n) is 8.81. The molecule has 132 valence electrons. The molecule has 0 N–H and O–H groups in total.